The van der Waals surface area contributed by atoms with Crippen LogP contribution in [0.15, 0.2) is 47.3 Å². The highest BCUT2D eigenvalue weighted by atomic mass is 35.5. The van der Waals surface area contributed by atoms with E-state index in [1.165, 1.54) is 11.3 Å². The van der Waals surface area contributed by atoms with Gasteiger partial charge in [0, 0.05) is 44.5 Å². The molecule has 2 saturated heterocycles. The topological polar surface area (TPSA) is 89.2 Å². The molecule has 2 aromatic carbocycles. The van der Waals surface area contributed by atoms with Gasteiger partial charge in [-0.1, -0.05) is 35.3 Å². The lowest BCUT2D eigenvalue weighted by Crippen LogP contribution is -2.47. The van der Waals surface area contributed by atoms with Gasteiger partial charge in [0.15, 0.2) is 0 Å². The Morgan fingerprint density at radius 3 is 2.57 bits per heavy atom. The molecule has 2 fully saturated rings. The fourth-order valence-electron chi connectivity index (χ4n) is 4.92. The number of hydrogen-bond acceptors (Lipinski definition) is 8. The van der Waals surface area contributed by atoms with Crippen LogP contribution in [0.1, 0.15) is 12.8 Å². The van der Waals surface area contributed by atoms with E-state index in [-0.39, 0.29) is 11.6 Å². The Hall–Kier alpha value is -2.85. The average Bonchev–Trinajstić information content (AvgIpc) is 3.34. The molecule has 0 saturated carbocycles. The molecule has 0 spiro atoms. The zero-order valence-electron chi connectivity index (χ0n) is 20.1. The van der Waals surface area contributed by atoms with E-state index in [0.29, 0.717) is 45.5 Å². The normalized spacial score (nSPS) is 18.4. The predicted octanol–water partition coefficient (Wildman–Crippen LogP) is 4.84. The Morgan fingerprint density at radius 2 is 1.81 bits per heavy atom. The van der Waals surface area contributed by atoms with E-state index in [1.807, 2.05) is 42.5 Å². The van der Waals surface area contributed by atoms with Crippen LogP contribution in [0.3, 0.4) is 0 Å². The molecule has 2 aliphatic heterocycles. The molecule has 2 aromatic heterocycles. The van der Waals surface area contributed by atoms with Crippen molar-refractivity contribution < 1.29 is 0 Å². The maximum atomic E-state index is 13.5. The number of nitrogens with zero attached hydrogens (tertiary/aromatic N) is 4. The summed E-state index contributed by atoms with van der Waals surface area (Å²) in [5.41, 5.74) is 2.25. The van der Waals surface area contributed by atoms with Crippen molar-refractivity contribution in [1.82, 2.24) is 20.3 Å². The Morgan fingerprint density at radius 1 is 1.00 bits per heavy atom. The number of piperazine rings is 1. The van der Waals surface area contributed by atoms with Gasteiger partial charge in [0.2, 0.25) is 5.95 Å². The molecule has 4 heterocycles. The molecule has 0 aliphatic carbocycles. The van der Waals surface area contributed by atoms with Gasteiger partial charge in [-0.3, -0.25) is 9.78 Å². The Balaban J connectivity index is 1.30. The number of benzene rings is 2. The third kappa shape index (κ3) is 5.13. The van der Waals surface area contributed by atoms with Crippen LogP contribution in [0.4, 0.5) is 17.5 Å². The first-order chi connectivity index (χ1) is 18.0. The van der Waals surface area contributed by atoms with Gasteiger partial charge in [0.1, 0.15) is 16.4 Å². The SMILES string of the molecule is O=c1[nH]c(N2CCN(c3ccc(Cl)c(Cl)c3)CC2)nc(N[C@@H]2CCCNC2)c1-c1nc2ccccc2s1. The highest BCUT2D eigenvalue weighted by Gasteiger charge is 2.25. The fourth-order valence-corrected chi connectivity index (χ4v) is 6.22. The number of nitrogens with one attached hydrogen (secondary N) is 3. The summed E-state index contributed by atoms with van der Waals surface area (Å²) >= 11 is 13.8. The van der Waals surface area contributed by atoms with Gasteiger partial charge in [-0.05, 0) is 49.7 Å². The number of hydrogen-bond donors (Lipinski definition) is 3. The molecule has 0 radical (unpaired) electrons. The maximum Gasteiger partial charge on any atom is 0.264 e. The quantitative estimate of drug-likeness (QED) is 0.324. The molecule has 0 amide bonds. The fraction of sp³-hybridized carbons (Fsp3) is 0.346. The highest BCUT2D eigenvalue weighted by molar-refractivity contribution is 7.21. The molecule has 0 unspecified atom stereocenters. The van der Waals surface area contributed by atoms with Crippen molar-refractivity contribution in [1.29, 1.82) is 0 Å². The smallest absolute Gasteiger partial charge is 0.264 e. The second-order valence-electron chi connectivity index (χ2n) is 9.36. The molecular formula is C26H27Cl2N7OS. The standard InChI is InChI=1S/C26H27Cl2N7OS/c27-18-8-7-17(14-19(18)28)34-10-12-35(13-11-34)26-32-23(30-16-4-3-9-29-15-16)22(24(36)33-26)25-31-20-5-1-2-6-21(20)37-25/h1-2,5-8,14,16,29H,3-4,9-13,15H2,(H2,30,32,33,36)/t16-/m1/s1. The molecule has 11 heteroatoms. The minimum Gasteiger partial charge on any atom is -0.368 e. The largest absolute Gasteiger partial charge is 0.368 e. The maximum absolute atomic E-state index is 13.5. The second kappa shape index (κ2) is 10.5. The van der Waals surface area contributed by atoms with Crippen LogP contribution in [-0.2, 0) is 0 Å². The number of halogens is 2. The number of thiazole rings is 1. The molecule has 3 N–H and O–H groups in total. The first kappa shape index (κ1) is 24.5. The molecule has 8 nitrogen and oxygen atoms in total. The lowest BCUT2D eigenvalue weighted by atomic mass is 10.1. The third-order valence-corrected chi connectivity index (χ3v) is 8.69. The number of anilines is 3. The van der Waals surface area contributed by atoms with Crippen molar-refractivity contribution in [3.63, 3.8) is 0 Å². The highest BCUT2D eigenvalue weighted by Crippen LogP contribution is 2.33. The number of fused-ring (bicyclic) bond motifs is 1. The van der Waals surface area contributed by atoms with Crippen LogP contribution >= 0.6 is 34.5 Å². The van der Waals surface area contributed by atoms with Crippen molar-refractivity contribution in [2.24, 2.45) is 0 Å². The van der Waals surface area contributed by atoms with Gasteiger partial charge in [-0.15, -0.1) is 11.3 Å². The molecule has 4 aromatic rings. The van der Waals surface area contributed by atoms with Crippen molar-refractivity contribution >= 4 is 62.2 Å². The van der Waals surface area contributed by atoms with Gasteiger partial charge in [0.05, 0.1) is 20.3 Å². The van der Waals surface area contributed by atoms with Gasteiger partial charge < -0.3 is 20.4 Å². The minimum absolute atomic E-state index is 0.178. The van der Waals surface area contributed by atoms with E-state index in [2.05, 4.69) is 25.4 Å². The van der Waals surface area contributed by atoms with Crippen molar-refractivity contribution in [3.05, 3.63) is 62.9 Å². The molecule has 6 rings (SSSR count). The van der Waals surface area contributed by atoms with E-state index in [9.17, 15) is 4.79 Å². The summed E-state index contributed by atoms with van der Waals surface area (Å²) < 4.78 is 1.05. The van der Waals surface area contributed by atoms with E-state index in [0.717, 1.165) is 54.9 Å². The lowest BCUT2D eigenvalue weighted by Gasteiger charge is -2.36. The second-order valence-corrected chi connectivity index (χ2v) is 11.2. The first-order valence-electron chi connectivity index (χ1n) is 12.5. The molecule has 1 atom stereocenters. The summed E-state index contributed by atoms with van der Waals surface area (Å²) in [5, 5.41) is 8.77. The summed E-state index contributed by atoms with van der Waals surface area (Å²) in [4.78, 5) is 30.7. The van der Waals surface area contributed by atoms with Gasteiger partial charge in [-0.2, -0.15) is 4.98 Å². The predicted molar refractivity (Wildman–Crippen MR) is 154 cm³/mol. The Kier molecular flexibility index (Phi) is 6.94. The van der Waals surface area contributed by atoms with Crippen molar-refractivity contribution in [2.75, 3.05) is 54.4 Å². The van der Waals surface area contributed by atoms with Gasteiger partial charge in [0.25, 0.3) is 5.56 Å². The number of aromatic nitrogens is 3. The zero-order chi connectivity index (χ0) is 25.4. The zero-order valence-corrected chi connectivity index (χ0v) is 22.5. The molecule has 192 valence electrons. The number of piperidine rings is 1. The minimum atomic E-state index is -0.178. The summed E-state index contributed by atoms with van der Waals surface area (Å²) in [7, 11) is 0. The number of rotatable bonds is 5. The summed E-state index contributed by atoms with van der Waals surface area (Å²) in [6, 6.07) is 13.8. The van der Waals surface area contributed by atoms with E-state index < -0.39 is 0 Å². The number of aromatic amines is 1. The van der Waals surface area contributed by atoms with Crippen LogP contribution < -0.4 is 26.0 Å². The van der Waals surface area contributed by atoms with E-state index in [1.54, 1.807) is 0 Å². The van der Waals surface area contributed by atoms with Crippen LogP contribution in [0, 0.1) is 0 Å². The van der Waals surface area contributed by atoms with Crippen LogP contribution in [-0.4, -0.2) is 60.3 Å². The average molecular weight is 557 g/mol. The van der Waals surface area contributed by atoms with E-state index in [4.69, 9.17) is 33.2 Å². The third-order valence-electron chi connectivity index (χ3n) is 6.90. The van der Waals surface area contributed by atoms with Gasteiger partial charge in [-0.25, -0.2) is 4.98 Å². The van der Waals surface area contributed by atoms with Crippen LogP contribution in [0.2, 0.25) is 10.0 Å². The molecule has 0 bridgehead atoms. The van der Waals surface area contributed by atoms with Crippen molar-refractivity contribution in [2.45, 2.75) is 18.9 Å². The monoisotopic (exact) mass is 555 g/mol. The summed E-state index contributed by atoms with van der Waals surface area (Å²) in [6.07, 6.45) is 2.11. The number of H-pyrrole nitrogens is 1. The Bertz CT molecular complexity index is 1440. The molecule has 2 aliphatic rings. The van der Waals surface area contributed by atoms with Crippen LogP contribution in [0.5, 0.6) is 0 Å². The van der Waals surface area contributed by atoms with Gasteiger partial charge >= 0.3 is 0 Å². The lowest BCUT2D eigenvalue weighted by molar-refractivity contribution is 0.479. The number of para-hydroxylation sites is 1. The van der Waals surface area contributed by atoms with Crippen LogP contribution in [0.25, 0.3) is 20.8 Å². The summed E-state index contributed by atoms with van der Waals surface area (Å²) in [5.74, 6) is 1.17. The molecule has 37 heavy (non-hydrogen) atoms. The first-order valence-corrected chi connectivity index (χ1v) is 14.0. The Labute approximate surface area is 228 Å². The molecular weight excluding hydrogens is 529 g/mol. The summed E-state index contributed by atoms with van der Waals surface area (Å²) in [6.45, 7) is 4.83. The van der Waals surface area contributed by atoms with Crippen molar-refractivity contribution in [3.8, 4) is 10.6 Å². The van der Waals surface area contributed by atoms with E-state index >= 15 is 0 Å².